The first-order valence-corrected chi connectivity index (χ1v) is 9.14. The molecule has 138 valence electrons. The number of hydrogen-bond donors (Lipinski definition) is 2. The third-order valence-corrected chi connectivity index (χ3v) is 4.90. The van der Waals surface area contributed by atoms with E-state index in [4.69, 9.17) is 15.2 Å². The van der Waals surface area contributed by atoms with E-state index in [2.05, 4.69) is 10.3 Å². The molecule has 7 nitrogen and oxygen atoms in total. The molecule has 0 spiro atoms. The molecule has 0 aromatic carbocycles. The first-order valence-electron chi connectivity index (χ1n) is 9.14. The second-order valence-corrected chi connectivity index (χ2v) is 6.75. The number of hydrogen-bond acceptors (Lipinski definition) is 4. The first-order chi connectivity index (χ1) is 11.6. The van der Waals surface area contributed by atoms with Crippen LogP contribution in [0.15, 0.2) is 4.99 Å². The number of carbonyl (C=O) groups is 1. The van der Waals surface area contributed by atoms with Crippen molar-refractivity contribution in [1.29, 1.82) is 0 Å². The predicted molar refractivity (Wildman–Crippen MR) is 94.0 cm³/mol. The van der Waals surface area contributed by atoms with Crippen LogP contribution in [0.2, 0.25) is 0 Å². The zero-order chi connectivity index (χ0) is 17.4. The molecule has 0 unspecified atom stereocenters. The standard InChI is InChI=1S/C17H32N4O3/c1-3-23-12-9-17(7-8-17)13-19-15(18)20-14-5-10-21(11-6-14)16(22)24-4-2/h14H,3-13H2,1-2H3,(H3,18,19,20). The maximum atomic E-state index is 11.7. The summed E-state index contributed by atoms with van der Waals surface area (Å²) in [6.45, 7) is 8.02. The molecule has 1 saturated carbocycles. The van der Waals surface area contributed by atoms with Gasteiger partial charge in [0, 0.05) is 38.9 Å². The van der Waals surface area contributed by atoms with E-state index < -0.39 is 0 Å². The fourth-order valence-corrected chi connectivity index (χ4v) is 3.03. The predicted octanol–water partition coefficient (Wildman–Crippen LogP) is 1.72. The molecular formula is C17H32N4O3. The molecule has 0 atom stereocenters. The minimum atomic E-state index is -0.220. The van der Waals surface area contributed by atoms with E-state index in [1.165, 1.54) is 12.8 Å². The van der Waals surface area contributed by atoms with Crippen molar-refractivity contribution in [3.8, 4) is 0 Å². The Morgan fingerprint density at radius 3 is 2.58 bits per heavy atom. The van der Waals surface area contributed by atoms with Gasteiger partial charge in [0.2, 0.25) is 0 Å². The number of nitrogens with zero attached hydrogens (tertiary/aromatic N) is 2. The summed E-state index contributed by atoms with van der Waals surface area (Å²) < 4.78 is 10.5. The second-order valence-electron chi connectivity index (χ2n) is 6.75. The van der Waals surface area contributed by atoms with E-state index in [1.807, 2.05) is 13.8 Å². The summed E-state index contributed by atoms with van der Waals surface area (Å²) in [5, 5.41) is 3.30. The van der Waals surface area contributed by atoms with Gasteiger partial charge in [-0.15, -0.1) is 0 Å². The molecule has 2 rings (SSSR count). The third-order valence-electron chi connectivity index (χ3n) is 4.90. The first kappa shape index (κ1) is 18.8. The number of guanidine groups is 1. The van der Waals surface area contributed by atoms with Crippen molar-refractivity contribution in [3.05, 3.63) is 0 Å². The molecule has 0 aromatic rings. The van der Waals surface area contributed by atoms with Gasteiger partial charge in [-0.05, 0) is 51.4 Å². The maximum absolute atomic E-state index is 11.7. The van der Waals surface area contributed by atoms with Crippen LogP contribution in [0, 0.1) is 5.41 Å². The number of rotatable bonds is 8. The number of likely N-dealkylation sites (tertiary alicyclic amines) is 1. The SMILES string of the molecule is CCOCCC1(CN=C(N)NC2CCN(C(=O)OCC)CC2)CC1. The van der Waals surface area contributed by atoms with Crippen molar-refractivity contribution in [2.45, 2.75) is 52.0 Å². The van der Waals surface area contributed by atoms with Crippen LogP contribution >= 0.6 is 0 Å². The third kappa shape index (κ3) is 5.85. The lowest BCUT2D eigenvalue weighted by Crippen LogP contribution is -2.48. The van der Waals surface area contributed by atoms with Gasteiger partial charge in [0.1, 0.15) is 0 Å². The Kier molecular flexibility index (Phi) is 7.15. The molecule has 0 aromatic heterocycles. The molecule has 1 saturated heterocycles. The number of nitrogens with two attached hydrogens (primary N) is 1. The van der Waals surface area contributed by atoms with Gasteiger partial charge in [-0.1, -0.05) is 0 Å². The Balaban J connectivity index is 1.67. The molecule has 2 aliphatic rings. The summed E-state index contributed by atoms with van der Waals surface area (Å²) in [7, 11) is 0. The van der Waals surface area contributed by atoms with Gasteiger partial charge in [0.25, 0.3) is 0 Å². The van der Waals surface area contributed by atoms with Crippen LogP contribution in [0.1, 0.15) is 46.0 Å². The molecular weight excluding hydrogens is 308 g/mol. The largest absolute Gasteiger partial charge is 0.450 e. The molecule has 2 fully saturated rings. The van der Waals surface area contributed by atoms with E-state index >= 15 is 0 Å². The van der Waals surface area contributed by atoms with Crippen molar-refractivity contribution in [2.75, 3.05) is 39.5 Å². The average molecular weight is 340 g/mol. The van der Waals surface area contributed by atoms with Crippen LogP contribution in [-0.4, -0.2) is 62.4 Å². The second kappa shape index (κ2) is 9.11. The molecule has 1 heterocycles. The van der Waals surface area contributed by atoms with E-state index in [-0.39, 0.29) is 12.1 Å². The van der Waals surface area contributed by atoms with Crippen LogP contribution in [0.25, 0.3) is 0 Å². The van der Waals surface area contributed by atoms with Crippen molar-refractivity contribution >= 4 is 12.1 Å². The Morgan fingerprint density at radius 1 is 1.29 bits per heavy atom. The van der Waals surface area contributed by atoms with Gasteiger partial charge in [-0.2, -0.15) is 0 Å². The highest BCUT2D eigenvalue weighted by molar-refractivity contribution is 5.78. The number of piperidine rings is 1. The van der Waals surface area contributed by atoms with E-state index in [0.717, 1.165) is 39.0 Å². The van der Waals surface area contributed by atoms with Gasteiger partial charge in [-0.3, -0.25) is 4.99 Å². The summed E-state index contributed by atoms with van der Waals surface area (Å²) in [6.07, 6.45) is 5.01. The Hall–Kier alpha value is -1.50. The van der Waals surface area contributed by atoms with Gasteiger partial charge in [0.15, 0.2) is 5.96 Å². The van der Waals surface area contributed by atoms with Crippen LogP contribution in [0.5, 0.6) is 0 Å². The minimum absolute atomic E-state index is 0.220. The van der Waals surface area contributed by atoms with E-state index in [0.29, 0.717) is 31.1 Å². The van der Waals surface area contributed by atoms with Gasteiger partial charge >= 0.3 is 6.09 Å². The quantitative estimate of drug-likeness (QED) is 0.399. The van der Waals surface area contributed by atoms with Crippen LogP contribution < -0.4 is 11.1 Å². The summed E-state index contributed by atoms with van der Waals surface area (Å²) in [5.41, 5.74) is 6.35. The Morgan fingerprint density at radius 2 is 2.00 bits per heavy atom. The number of nitrogens with one attached hydrogen (secondary N) is 1. The molecule has 3 N–H and O–H groups in total. The van der Waals surface area contributed by atoms with Gasteiger partial charge in [-0.25, -0.2) is 4.79 Å². The highest BCUT2D eigenvalue weighted by atomic mass is 16.6. The lowest BCUT2D eigenvalue weighted by Gasteiger charge is -2.31. The van der Waals surface area contributed by atoms with Crippen LogP contribution in [-0.2, 0) is 9.47 Å². The van der Waals surface area contributed by atoms with Crippen molar-refractivity contribution < 1.29 is 14.3 Å². The normalized spacial score (nSPS) is 20.8. The number of ether oxygens (including phenoxy) is 2. The van der Waals surface area contributed by atoms with Crippen molar-refractivity contribution in [2.24, 2.45) is 16.1 Å². The van der Waals surface area contributed by atoms with Crippen LogP contribution in [0.3, 0.4) is 0 Å². The number of aliphatic imine (C=N–C) groups is 1. The summed E-state index contributed by atoms with van der Waals surface area (Å²) >= 11 is 0. The summed E-state index contributed by atoms with van der Waals surface area (Å²) in [4.78, 5) is 18.0. The van der Waals surface area contributed by atoms with Gasteiger partial charge in [0.05, 0.1) is 6.61 Å². The van der Waals surface area contributed by atoms with Crippen molar-refractivity contribution in [3.63, 3.8) is 0 Å². The monoisotopic (exact) mass is 340 g/mol. The summed E-state index contributed by atoms with van der Waals surface area (Å²) in [6, 6.07) is 0.276. The van der Waals surface area contributed by atoms with E-state index in [9.17, 15) is 4.79 Å². The molecule has 1 amide bonds. The maximum Gasteiger partial charge on any atom is 0.409 e. The van der Waals surface area contributed by atoms with Gasteiger partial charge < -0.3 is 25.4 Å². The average Bonchev–Trinajstić information content (AvgIpc) is 3.34. The van der Waals surface area contributed by atoms with Crippen LogP contribution in [0.4, 0.5) is 4.79 Å². The fourth-order valence-electron chi connectivity index (χ4n) is 3.03. The van der Waals surface area contributed by atoms with E-state index in [1.54, 1.807) is 4.90 Å². The molecule has 1 aliphatic carbocycles. The molecule has 0 radical (unpaired) electrons. The highest BCUT2D eigenvalue weighted by Gasteiger charge is 2.41. The Bertz CT molecular complexity index is 430. The zero-order valence-corrected chi connectivity index (χ0v) is 15.1. The molecule has 24 heavy (non-hydrogen) atoms. The lowest BCUT2D eigenvalue weighted by molar-refractivity contribution is 0.0963. The smallest absolute Gasteiger partial charge is 0.409 e. The zero-order valence-electron chi connectivity index (χ0n) is 15.1. The molecule has 1 aliphatic heterocycles. The molecule has 7 heteroatoms. The topological polar surface area (TPSA) is 89.2 Å². The highest BCUT2D eigenvalue weighted by Crippen LogP contribution is 2.48. The number of carbonyl (C=O) groups excluding carboxylic acids is 1. The molecule has 0 bridgehead atoms. The Labute approximate surface area is 145 Å². The lowest BCUT2D eigenvalue weighted by atomic mass is 10.0. The van der Waals surface area contributed by atoms with Crippen molar-refractivity contribution in [1.82, 2.24) is 10.2 Å². The minimum Gasteiger partial charge on any atom is -0.450 e. The number of amides is 1. The fraction of sp³-hybridized carbons (Fsp3) is 0.882. The summed E-state index contributed by atoms with van der Waals surface area (Å²) in [5.74, 6) is 0.521.